The van der Waals surface area contributed by atoms with Gasteiger partial charge in [-0.25, -0.2) is 4.79 Å². The first-order chi connectivity index (χ1) is 10.4. The van der Waals surface area contributed by atoms with Crippen LogP contribution < -0.4 is 10.1 Å². The molecule has 0 aliphatic rings. The minimum Gasteiger partial charge on any atom is -0.497 e. The standard InChI is InChI=1S/C15H15ClN2O4/c1-18-8-10(16)7-12(18)14(19)17-13(15(20)21)9-3-5-11(22-2)6-4-9/h3-8,13H,1-2H3,(H,17,19)(H,20,21). The van der Waals surface area contributed by atoms with Gasteiger partial charge < -0.3 is 19.7 Å². The minimum absolute atomic E-state index is 0.282. The van der Waals surface area contributed by atoms with Crippen LogP contribution in [0.2, 0.25) is 5.02 Å². The van der Waals surface area contributed by atoms with E-state index < -0.39 is 17.9 Å². The number of aryl methyl sites for hydroxylation is 1. The molecule has 6 nitrogen and oxygen atoms in total. The second kappa shape index (κ2) is 6.53. The Morgan fingerprint density at radius 1 is 1.32 bits per heavy atom. The molecular weight excluding hydrogens is 308 g/mol. The summed E-state index contributed by atoms with van der Waals surface area (Å²) in [5.41, 5.74) is 0.728. The van der Waals surface area contributed by atoms with Crippen LogP contribution >= 0.6 is 11.6 Å². The quantitative estimate of drug-likeness (QED) is 0.884. The Balaban J connectivity index is 2.23. The molecule has 22 heavy (non-hydrogen) atoms. The van der Waals surface area contributed by atoms with Crippen molar-refractivity contribution in [1.29, 1.82) is 0 Å². The Labute approximate surface area is 132 Å². The van der Waals surface area contributed by atoms with E-state index in [1.165, 1.54) is 17.7 Å². The molecule has 2 rings (SSSR count). The molecule has 116 valence electrons. The summed E-state index contributed by atoms with van der Waals surface area (Å²) in [6, 6.07) is 6.77. The number of aromatic nitrogens is 1. The number of carbonyl (C=O) groups excluding carboxylic acids is 1. The molecule has 0 bridgehead atoms. The fourth-order valence-electron chi connectivity index (χ4n) is 2.04. The van der Waals surface area contributed by atoms with Gasteiger partial charge >= 0.3 is 5.97 Å². The van der Waals surface area contributed by atoms with Crippen molar-refractivity contribution in [3.8, 4) is 5.75 Å². The predicted molar refractivity (Wildman–Crippen MR) is 81.3 cm³/mol. The van der Waals surface area contributed by atoms with Crippen LogP contribution in [-0.2, 0) is 11.8 Å². The molecule has 2 aromatic rings. The summed E-state index contributed by atoms with van der Waals surface area (Å²) in [5.74, 6) is -1.06. The number of nitrogens with zero attached hydrogens (tertiary/aromatic N) is 1. The molecule has 1 aromatic heterocycles. The van der Waals surface area contributed by atoms with E-state index in [-0.39, 0.29) is 5.69 Å². The van der Waals surface area contributed by atoms with Crippen molar-refractivity contribution < 1.29 is 19.4 Å². The summed E-state index contributed by atoms with van der Waals surface area (Å²) in [7, 11) is 3.18. The van der Waals surface area contributed by atoms with Crippen LogP contribution in [0.3, 0.4) is 0 Å². The molecule has 0 saturated heterocycles. The number of rotatable bonds is 5. The molecule has 0 saturated carbocycles. The van der Waals surface area contributed by atoms with Crippen LogP contribution in [0.5, 0.6) is 5.75 Å². The van der Waals surface area contributed by atoms with Crippen molar-refractivity contribution in [2.75, 3.05) is 7.11 Å². The van der Waals surface area contributed by atoms with Crippen LogP contribution in [0.1, 0.15) is 22.1 Å². The third-order valence-electron chi connectivity index (χ3n) is 3.18. The molecule has 0 radical (unpaired) electrons. The highest BCUT2D eigenvalue weighted by molar-refractivity contribution is 6.31. The lowest BCUT2D eigenvalue weighted by atomic mass is 10.1. The number of ether oxygens (including phenoxy) is 1. The molecule has 1 aromatic carbocycles. The van der Waals surface area contributed by atoms with Crippen molar-refractivity contribution in [2.45, 2.75) is 6.04 Å². The zero-order valence-electron chi connectivity index (χ0n) is 12.0. The van der Waals surface area contributed by atoms with Crippen LogP contribution in [0.15, 0.2) is 36.5 Å². The van der Waals surface area contributed by atoms with Crippen molar-refractivity contribution in [1.82, 2.24) is 9.88 Å². The number of carbonyl (C=O) groups is 2. The highest BCUT2D eigenvalue weighted by atomic mass is 35.5. The Bertz CT molecular complexity index is 694. The molecule has 0 fully saturated rings. The summed E-state index contributed by atoms with van der Waals surface area (Å²) >= 11 is 5.83. The summed E-state index contributed by atoms with van der Waals surface area (Å²) in [4.78, 5) is 23.6. The van der Waals surface area contributed by atoms with E-state index in [0.29, 0.717) is 16.3 Å². The monoisotopic (exact) mass is 322 g/mol. The summed E-state index contributed by atoms with van der Waals surface area (Å²) in [6.45, 7) is 0. The Morgan fingerprint density at radius 2 is 1.95 bits per heavy atom. The largest absolute Gasteiger partial charge is 0.497 e. The van der Waals surface area contributed by atoms with Gasteiger partial charge in [-0.1, -0.05) is 23.7 Å². The molecule has 0 aliphatic carbocycles. The number of carboxylic acids is 1. The Kier molecular flexibility index (Phi) is 4.72. The fraction of sp³-hybridized carbons (Fsp3) is 0.200. The van der Waals surface area contributed by atoms with Crippen molar-refractivity contribution in [3.05, 3.63) is 52.8 Å². The zero-order chi connectivity index (χ0) is 16.3. The summed E-state index contributed by atoms with van der Waals surface area (Å²) in [6.07, 6.45) is 1.57. The first-order valence-electron chi connectivity index (χ1n) is 6.42. The molecule has 0 spiro atoms. The lowest BCUT2D eigenvalue weighted by molar-refractivity contribution is -0.139. The van der Waals surface area contributed by atoms with E-state index in [9.17, 15) is 14.7 Å². The van der Waals surface area contributed by atoms with Crippen molar-refractivity contribution in [3.63, 3.8) is 0 Å². The second-order valence-electron chi connectivity index (χ2n) is 4.67. The maximum Gasteiger partial charge on any atom is 0.330 e. The SMILES string of the molecule is COc1ccc(C(NC(=O)c2cc(Cl)cn2C)C(=O)O)cc1. The number of nitrogens with one attached hydrogen (secondary N) is 1. The van der Waals surface area contributed by atoms with E-state index in [4.69, 9.17) is 16.3 Å². The Morgan fingerprint density at radius 3 is 2.41 bits per heavy atom. The average molecular weight is 323 g/mol. The molecule has 1 atom stereocenters. The predicted octanol–water partition coefficient (Wildman–Crippen LogP) is 2.24. The number of hydrogen-bond donors (Lipinski definition) is 2. The molecule has 1 unspecified atom stereocenters. The third-order valence-corrected chi connectivity index (χ3v) is 3.38. The average Bonchev–Trinajstić information content (AvgIpc) is 2.83. The lowest BCUT2D eigenvalue weighted by Gasteiger charge is -2.15. The van der Waals surface area contributed by atoms with Gasteiger partial charge in [-0.2, -0.15) is 0 Å². The van der Waals surface area contributed by atoms with Crippen molar-refractivity contribution >= 4 is 23.5 Å². The summed E-state index contributed by atoms with van der Waals surface area (Å²) in [5, 5.41) is 12.2. The third kappa shape index (κ3) is 3.40. The van der Waals surface area contributed by atoms with Gasteiger partial charge in [0.05, 0.1) is 12.1 Å². The Hall–Kier alpha value is -2.47. The minimum atomic E-state index is -1.16. The topological polar surface area (TPSA) is 80.6 Å². The number of carboxylic acid groups (broad SMARTS) is 1. The van der Waals surface area contributed by atoms with Crippen LogP contribution in [0, 0.1) is 0 Å². The van der Waals surface area contributed by atoms with Gasteiger partial charge in [0.15, 0.2) is 6.04 Å². The maximum absolute atomic E-state index is 12.2. The van der Waals surface area contributed by atoms with E-state index in [0.717, 1.165) is 0 Å². The molecule has 0 aliphatic heterocycles. The van der Waals surface area contributed by atoms with E-state index >= 15 is 0 Å². The number of amides is 1. The van der Waals surface area contributed by atoms with Crippen LogP contribution in [0.4, 0.5) is 0 Å². The van der Waals surface area contributed by atoms with E-state index in [2.05, 4.69) is 5.32 Å². The van der Waals surface area contributed by atoms with Gasteiger partial charge in [-0.3, -0.25) is 4.79 Å². The van der Waals surface area contributed by atoms with Gasteiger partial charge in [0.25, 0.3) is 5.91 Å². The highest BCUT2D eigenvalue weighted by Crippen LogP contribution is 2.19. The fourth-order valence-corrected chi connectivity index (χ4v) is 2.29. The van der Waals surface area contributed by atoms with Gasteiger partial charge in [-0.05, 0) is 23.8 Å². The first-order valence-corrected chi connectivity index (χ1v) is 6.79. The smallest absolute Gasteiger partial charge is 0.330 e. The lowest BCUT2D eigenvalue weighted by Crippen LogP contribution is -2.34. The number of methoxy groups -OCH3 is 1. The number of benzene rings is 1. The second-order valence-corrected chi connectivity index (χ2v) is 5.11. The van der Waals surface area contributed by atoms with Crippen LogP contribution in [-0.4, -0.2) is 28.7 Å². The molecule has 1 amide bonds. The number of hydrogen-bond acceptors (Lipinski definition) is 3. The van der Waals surface area contributed by atoms with E-state index in [1.807, 2.05) is 0 Å². The van der Waals surface area contributed by atoms with E-state index in [1.54, 1.807) is 37.5 Å². The molecule has 1 heterocycles. The van der Waals surface area contributed by atoms with Crippen LogP contribution in [0.25, 0.3) is 0 Å². The summed E-state index contributed by atoms with van der Waals surface area (Å²) < 4.78 is 6.56. The first kappa shape index (κ1) is 15.9. The van der Waals surface area contributed by atoms with Gasteiger partial charge in [0.1, 0.15) is 11.4 Å². The zero-order valence-corrected chi connectivity index (χ0v) is 12.8. The maximum atomic E-state index is 12.2. The number of aliphatic carboxylic acids is 1. The van der Waals surface area contributed by atoms with Gasteiger partial charge in [0.2, 0.25) is 0 Å². The molecule has 2 N–H and O–H groups in total. The number of halogens is 1. The van der Waals surface area contributed by atoms with Gasteiger partial charge in [-0.15, -0.1) is 0 Å². The van der Waals surface area contributed by atoms with Gasteiger partial charge in [0, 0.05) is 13.2 Å². The van der Waals surface area contributed by atoms with Crippen molar-refractivity contribution in [2.24, 2.45) is 7.05 Å². The normalized spacial score (nSPS) is 11.8. The molecule has 7 heteroatoms. The molecular formula is C15H15ClN2O4. The highest BCUT2D eigenvalue weighted by Gasteiger charge is 2.24.